The lowest BCUT2D eigenvalue weighted by molar-refractivity contribution is 0.757. The molecule has 21 heavy (non-hydrogen) atoms. The first-order valence-electron chi connectivity index (χ1n) is 7.00. The molecule has 1 N–H and O–H groups in total. The van der Waals surface area contributed by atoms with Gasteiger partial charge in [-0.2, -0.15) is 5.10 Å². The molecule has 0 saturated heterocycles. The normalized spacial score (nSPS) is 11.4. The summed E-state index contributed by atoms with van der Waals surface area (Å²) in [5.41, 5.74) is 4.57. The Morgan fingerprint density at radius 3 is 2.76 bits per heavy atom. The minimum absolute atomic E-state index is 0.709. The molecule has 1 aromatic carbocycles. The molecule has 3 rings (SSSR count). The van der Waals surface area contributed by atoms with Crippen LogP contribution >= 0.6 is 11.6 Å². The summed E-state index contributed by atoms with van der Waals surface area (Å²) in [6, 6.07) is 8.70. The summed E-state index contributed by atoms with van der Waals surface area (Å²) in [7, 11) is 3.83. The van der Waals surface area contributed by atoms with Crippen molar-refractivity contribution in [1.29, 1.82) is 0 Å². The van der Waals surface area contributed by atoms with Crippen molar-refractivity contribution >= 4 is 22.5 Å². The maximum Gasteiger partial charge on any atom is 0.131 e. The molecular weight excluding hydrogens is 284 g/mol. The Hall–Kier alpha value is -1.78. The number of nitrogens with one attached hydrogen (secondary N) is 1. The summed E-state index contributed by atoms with van der Waals surface area (Å²) in [4.78, 5) is 0. The van der Waals surface area contributed by atoms with Crippen LogP contribution in [-0.4, -0.2) is 21.4 Å². The molecule has 0 bridgehead atoms. The molecule has 0 saturated carbocycles. The van der Waals surface area contributed by atoms with Crippen LogP contribution in [0.3, 0.4) is 0 Å². The van der Waals surface area contributed by atoms with Gasteiger partial charge in [-0.1, -0.05) is 17.7 Å². The smallest absolute Gasteiger partial charge is 0.131 e. The van der Waals surface area contributed by atoms with Crippen molar-refractivity contribution < 1.29 is 0 Å². The summed E-state index contributed by atoms with van der Waals surface area (Å²) in [5, 5.41) is 9.51. The number of halogens is 1. The second-order valence-corrected chi connectivity index (χ2v) is 5.70. The Bertz CT molecular complexity index is 785. The van der Waals surface area contributed by atoms with Crippen LogP contribution in [0.2, 0.25) is 5.15 Å². The van der Waals surface area contributed by atoms with Crippen LogP contribution in [0.1, 0.15) is 16.8 Å². The largest absolute Gasteiger partial charge is 0.343 e. The average Bonchev–Trinajstić information content (AvgIpc) is 2.96. The molecule has 0 unspecified atom stereocenters. The standard InChI is InChI=1S/C16H19ClN4/c1-11-14(16(17)20(3)19-11)10-21-7-6-13-8-12(9-18-2)4-5-15(13)21/h4-8,18H,9-10H2,1-3H3. The first-order valence-corrected chi connectivity index (χ1v) is 7.38. The maximum absolute atomic E-state index is 6.33. The van der Waals surface area contributed by atoms with E-state index in [1.54, 1.807) is 4.68 Å². The number of rotatable bonds is 4. The molecule has 3 aromatic rings. The number of hydrogen-bond donors (Lipinski definition) is 1. The van der Waals surface area contributed by atoms with Crippen molar-refractivity contribution in [1.82, 2.24) is 19.7 Å². The molecule has 0 radical (unpaired) electrons. The number of fused-ring (bicyclic) bond motifs is 1. The van der Waals surface area contributed by atoms with Gasteiger partial charge in [0, 0.05) is 30.9 Å². The van der Waals surface area contributed by atoms with E-state index in [0.29, 0.717) is 5.15 Å². The van der Waals surface area contributed by atoms with E-state index in [-0.39, 0.29) is 0 Å². The predicted octanol–water partition coefficient (Wildman–Crippen LogP) is 3.10. The molecule has 0 spiro atoms. The highest BCUT2D eigenvalue weighted by molar-refractivity contribution is 6.30. The molecule has 0 amide bonds. The van der Waals surface area contributed by atoms with Gasteiger partial charge in [0.2, 0.25) is 0 Å². The van der Waals surface area contributed by atoms with Crippen molar-refractivity contribution in [2.45, 2.75) is 20.0 Å². The van der Waals surface area contributed by atoms with Gasteiger partial charge >= 0.3 is 0 Å². The number of hydrogen-bond acceptors (Lipinski definition) is 2. The second-order valence-electron chi connectivity index (χ2n) is 5.35. The van der Waals surface area contributed by atoms with Gasteiger partial charge in [-0.05, 0) is 43.1 Å². The third-order valence-electron chi connectivity index (χ3n) is 3.81. The molecule has 2 heterocycles. The number of aromatic nitrogens is 3. The van der Waals surface area contributed by atoms with Crippen LogP contribution in [0.15, 0.2) is 30.5 Å². The van der Waals surface area contributed by atoms with E-state index in [4.69, 9.17) is 11.6 Å². The van der Waals surface area contributed by atoms with Crippen molar-refractivity contribution in [3.05, 3.63) is 52.4 Å². The van der Waals surface area contributed by atoms with Crippen molar-refractivity contribution in [2.24, 2.45) is 7.05 Å². The van der Waals surface area contributed by atoms with Gasteiger partial charge in [0.1, 0.15) is 5.15 Å². The summed E-state index contributed by atoms with van der Waals surface area (Å²) in [6.45, 7) is 3.62. The van der Waals surface area contributed by atoms with E-state index in [9.17, 15) is 0 Å². The van der Waals surface area contributed by atoms with Crippen molar-refractivity contribution in [2.75, 3.05) is 7.05 Å². The first-order chi connectivity index (χ1) is 10.1. The maximum atomic E-state index is 6.33. The van der Waals surface area contributed by atoms with Gasteiger partial charge in [0.15, 0.2) is 0 Å². The van der Waals surface area contributed by atoms with Crippen LogP contribution < -0.4 is 5.32 Å². The third-order valence-corrected chi connectivity index (χ3v) is 4.29. The molecule has 2 aromatic heterocycles. The second kappa shape index (κ2) is 5.54. The topological polar surface area (TPSA) is 34.8 Å². The van der Waals surface area contributed by atoms with Gasteiger partial charge in [-0.3, -0.25) is 4.68 Å². The Morgan fingerprint density at radius 2 is 2.10 bits per heavy atom. The molecule has 0 atom stereocenters. The number of aryl methyl sites for hydroxylation is 2. The van der Waals surface area contributed by atoms with E-state index in [1.165, 1.54) is 16.5 Å². The summed E-state index contributed by atoms with van der Waals surface area (Å²) >= 11 is 6.33. The zero-order chi connectivity index (χ0) is 15.0. The molecule has 5 heteroatoms. The zero-order valence-corrected chi connectivity index (χ0v) is 13.3. The zero-order valence-electron chi connectivity index (χ0n) is 12.5. The van der Waals surface area contributed by atoms with Crippen molar-refractivity contribution in [3.8, 4) is 0 Å². The molecule has 0 fully saturated rings. The molecule has 110 valence electrons. The van der Waals surface area contributed by atoms with Crippen molar-refractivity contribution in [3.63, 3.8) is 0 Å². The Kier molecular flexibility index (Phi) is 3.74. The molecule has 0 aliphatic carbocycles. The fourth-order valence-corrected chi connectivity index (χ4v) is 2.96. The van der Waals surface area contributed by atoms with Crippen LogP contribution in [0.5, 0.6) is 0 Å². The van der Waals surface area contributed by atoms with Gasteiger partial charge in [-0.15, -0.1) is 0 Å². The third kappa shape index (κ3) is 2.57. The van der Waals surface area contributed by atoms with E-state index in [2.05, 4.69) is 45.4 Å². The van der Waals surface area contributed by atoms with Crippen LogP contribution in [0.4, 0.5) is 0 Å². The molecule has 0 aliphatic heterocycles. The summed E-state index contributed by atoms with van der Waals surface area (Å²) in [5.74, 6) is 0. The Labute approximate surface area is 129 Å². The number of benzene rings is 1. The lowest BCUT2D eigenvalue weighted by Crippen LogP contribution is -2.04. The first kappa shape index (κ1) is 14.2. The van der Waals surface area contributed by atoms with Gasteiger partial charge < -0.3 is 9.88 Å². The highest BCUT2D eigenvalue weighted by Gasteiger charge is 2.12. The summed E-state index contributed by atoms with van der Waals surface area (Å²) in [6.07, 6.45) is 2.11. The lowest BCUT2D eigenvalue weighted by atomic mass is 10.1. The predicted molar refractivity (Wildman–Crippen MR) is 86.8 cm³/mol. The highest BCUT2D eigenvalue weighted by atomic mass is 35.5. The Balaban J connectivity index is 1.98. The molecule has 4 nitrogen and oxygen atoms in total. The highest BCUT2D eigenvalue weighted by Crippen LogP contribution is 2.23. The minimum Gasteiger partial charge on any atom is -0.343 e. The van der Waals surface area contributed by atoms with Gasteiger partial charge in [0.05, 0.1) is 12.2 Å². The van der Waals surface area contributed by atoms with E-state index < -0.39 is 0 Å². The fraction of sp³-hybridized carbons (Fsp3) is 0.312. The van der Waals surface area contributed by atoms with E-state index >= 15 is 0 Å². The fourth-order valence-electron chi connectivity index (χ4n) is 2.73. The van der Waals surface area contributed by atoms with E-state index in [1.807, 2.05) is 21.0 Å². The summed E-state index contributed by atoms with van der Waals surface area (Å²) < 4.78 is 3.94. The molecular formula is C16H19ClN4. The van der Waals surface area contributed by atoms with Gasteiger partial charge in [-0.25, -0.2) is 0 Å². The monoisotopic (exact) mass is 302 g/mol. The minimum atomic E-state index is 0.709. The quantitative estimate of drug-likeness (QED) is 0.803. The van der Waals surface area contributed by atoms with Gasteiger partial charge in [0.25, 0.3) is 0 Å². The average molecular weight is 303 g/mol. The van der Waals surface area contributed by atoms with Crippen LogP contribution in [0, 0.1) is 6.92 Å². The van der Waals surface area contributed by atoms with E-state index in [0.717, 1.165) is 24.3 Å². The number of nitrogens with zero attached hydrogens (tertiary/aromatic N) is 3. The van der Waals surface area contributed by atoms with Crippen LogP contribution in [0.25, 0.3) is 10.9 Å². The SMILES string of the molecule is CNCc1ccc2c(ccn2Cc2c(C)nn(C)c2Cl)c1. The Morgan fingerprint density at radius 1 is 1.29 bits per heavy atom. The molecule has 0 aliphatic rings. The van der Waals surface area contributed by atoms with Crippen LogP contribution in [-0.2, 0) is 20.1 Å². The lowest BCUT2D eigenvalue weighted by Gasteiger charge is -2.07.